The van der Waals surface area contributed by atoms with Crippen LogP contribution in [0.2, 0.25) is 0 Å². The Morgan fingerprint density at radius 2 is 2.06 bits per heavy atom. The molecule has 2 N–H and O–H groups in total. The molecule has 0 radical (unpaired) electrons. The molecule has 1 heterocycles. The van der Waals surface area contributed by atoms with Crippen molar-refractivity contribution in [2.75, 3.05) is 6.54 Å². The Kier molecular flexibility index (Phi) is 3.38. The smallest absolute Gasteiger partial charge is 0.182 e. The fourth-order valence-corrected chi connectivity index (χ4v) is 1.44. The number of aromatic nitrogens is 4. The summed E-state index contributed by atoms with van der Waals surface area (Å²) in [5.41, 5.74) is 5.82. The second-order valence-corrected chi connectivity index (χ2v) is 3.50. The SMILES string of the molecule is NCCCn1nnnc1-c1ccc(F)c(F)c1. The van der Waals surface area contributed by atoms with Gasteiger partial charge in [0, 0.05) is 12.1 Å². The summed E-state index contributed by atoms with van der Waals surface area (Å²) in [6.07, 6.45) is 0.710. The van der Waals surface area contributed by atoms with Crippen LogP contribution in [-0.4, -0.2) is 26.8 Å². The van der Waals surface area contributed by atoms with E-state index in [1.54, 1.807) is 0 Å². The Hall–Kier alpha value is -1.89. The molecule has 0 spiro atoms. The van der Waals surface area contributed by atoms with Gasteiger partial charge in [-0.15, -0.1) is 5.10 Å². The first-order valence-corrected chi connectivity index (χ1v) is 5.14. The molecule has 0 saturated heterocycles. The lowest BCUT2D eigenvalue weighted by Crippen LogP contribution is -2.08. The molecule has 7 heteroatoms. The van der Waals surface area contributed by atoms with Gasteiger partial charge in [-0.25, -0.2) is 13.5 Å². The summed E-state index contributed by atoms with van der Waals surface area (Å²) in [6, 6.07) is 3.55. The van der Waals surface area contributed by atoms with E-state index in [0.29, 0.717) is 30.9 Å². The molecular formula is C10H11F2N5. The lowest BCUT2D eigenvalue weighted by atomic mass is 10.2. The van der Waals surface area contributed by atoms with Crippen molar-refractivity contribution in [3.8, 4) is 11.4 Å². The summed E-state index contributed by atoms with van der Waals surface area (Å²) < 4.78 is 27.4. The normalized spacial score (nSPS) is 10.8. The predicted molar refractivity (Wildman–Crippen MR) is 56.8 cm³/mol. The maximum Gasteiger partial charge on any atom is 0.182 e. The van der Waals surface area contributed by atoms with Gasteiger partial charge in [0.15, 0.2) is 17.5 Å². The number of benzene rings is 1. The van der Waals surface area contributed by atoms with E-state index in [1.165, 1.54) is 10.7 Å². The van der Waals surface area contributed by atoms with E-state index in [2.05, 4.69) is 15.5 Å². The van der Waals surface area contributed by atoms with Gasteiger partial charge >= 0.3 is 0 Å². The molecule has 5 nitrogen and oxygen atoms in total. The largest absolute Gasteiger partial charge is 0.330 e. The van der Waals surface area contributed by atoms with Gasteiger partial charge in [0.05, 0.1) is 0 Å². The van der Waals surface area contributed by atoms with Gasteiger partial charge in [-0.1, -0.05) is 0 Å². The summed E-state index contributed by atoms with van der Waals surface area (Å²) in [7, 11) is 0. The van der Waals surface area contributed by atoms with Gasteiger partial charge in [-0.2, -0.15) is 0 Å². The number of hydrogen-bond acceptors (Lipinski definition) is 4. The molecule has 0 aliphatic carbocycles. The molecule has 0 aliphatic rings. The predicted octanol–water partition coefficient (Wildman–Crippen LogP) is 0.967. The molecule has 0 unspecified atom stereocenters. The lowest BCUT2D eigenvalue weighted by molar-refractivity contribution is 0.508. The Morgan fingerprint density at radius 1 is 1.24 bits per heavy atom. The van der Waals surface area contributed by atoms with Crippen LogP contribution in [-0.2, 0) is 6.54 Å². The number of tetrazole rings is 1. The molecule has 1 aromatic carbocycles. The minimum Gasteiger partial charge on any atom is -0.330 e. The van der Waals surface area contributed by atoms with Crippen LogP contribution >= 0.6 is 0 Å². The molecule has 90 valence electrons. The third-order valence-corrected chi connectivity index (χ3v) is 2.28. The number of halogens is 2. The zero-order valence-electron chi connectivity index (χ0n) is 8.98. The highest BCUT2D eigenvalue weighted by Crippen LogP contribution is 2.18. The fourth-order valence-electron chi connectivity index (χ4n) is 1.44. The van der Waals surface area contributed by atoms with Crippen LogP contribution in [0.5, 0.6) is 0 Å². The number of rotatable bonds is 4. The topological polar surface area (TPSA) is 69.6 Å². The van der Waals surface area contributed by atoms with Gasteiger partial charge < -0.3 is 5.73 Å². The second kappa shape index (κ2) is 4.96. The second-order valence-electron chi connectivity index (χ2n) is 3.50. The molecule has 17 heavy (non-hydrogen) atoms. The summed E-state index contributed by atoms with van der Waals surface area (Å²) in [5, 5.41) is 11.1. The minimum absolute atomic E-state index is 0.400. The van der Waals surface area contributed by atoms with Crippen LogP contribution in [0.4, 0.5) is 8.78 Å². The van der Waals surface area contributed by atoms with Crippen LogP contribution < -0.4 is 5.73 Å². The average molecular weight is 239 g/mol. The van der Waals surface area contributed by atoms with Gasteiger partial charge in [0.2, 0.25) is 0 Å². The highest BCUT2D eigenvalue weighted by atomic mass is 19.2. The van der Waals surface area contributed by atoms with Crippen molar-refractivity contribution in [3.63, 3.8) is 0 Å². The molecule has 0 bridgehead atoms. The molecule has 0 amide bonds. The number of aryl methyl sites for hydroxylation is 1. The highest BCUT2D eigenvalue weighted by Gasteiger charge is 2.11. The molecule has 2 rings (SSSR count). The standard InChI is InChI=1S/C10H11F2N5/c11-8-3-2-7(6-9(8)12)10-14-15-16-17(10)5-1-4-13/h2-3,6H,1,4-5,13H2. The third-order valence-electron chi connectivity index (χ3n) is 2.28. The van der Waals surface area contributed by atoms with Crippen LogP contribution in [0.25, 0.3) is 11.4 Å². The van der Waals surface area contributed by atoms with E-state index >= 15 is 0 Å². The third kappa shape index (κ3) is 2.44. The molecule has 0 aliphatic heterocycles. The molecule has 2 aromatic rings. The zero-order valence-corrected chi connectivity index (χ0v) is 8.98. The van der Waals surface area contributed by atoms with Gasteiger partial charge in [-0.05, 0) is 41.6 Å². The Balaban J connectivity index is 2.32. The van der Waals surface area contributed by atoms with E-state index in [-0.39, 0.29) is 0 Å². The van der Waals surface area contributed by atoms with Crippen LogP contribution in [0, 0.1) is 11.6 Å². The molecule has 0 saturated carbocycles. The Morgan fingerprint density at radius 3 is 2.76 bits per heavy atom. The van der Waals surface area contributed by atoms with E-state index in [1.807, 2.05) is 0 Å². The van der Waals surface area contributed by atoms with Crippen LogP contribution in [0.3, 0.4) is 0 Å². The maximum absolute atomic E-state index is 13.1. The summed E-state index contributed by atoms with van der Waals surface area (Å²) >= 11 is 0. The summed E-state index contributed by atoms with van der Waals surface area (Å²) in [5.74, 6) is -1.41. The van der Waals surface area contributed by atoms with E-state index in [4.69, 9.17) is 5.73 Å². The summed E-state index contributed by atoms with van der Waals surface area (Å²) in [6.45, 7) is 1.05. The average Bonchev–Trinajstić information content (AvgIpc) is 2.78. The maximum atomic E-state index is 13.1. The lowest BCUT2D eigenvalue weighted by Gasteiger charge is -2.03. The molecule has 0 fully saturated rings. The van der Waals surface area contributed by atoms with Gasteiger partial charge in [-0.3, -0.25) is 0 Å². The van der Waals surface area contributed by atoms with Crippen molar-refractivity contribution in [1.82, 2.24) is 20.2 Å². The zero-order chi connectivity index (χ0) is 12.3. The minimum atomic E-state index is -0.920. The quantitative estimate of drug-likeness (QED) is 0.863. The van der Waals surface area contributed by atoms with Crippen molar-refractivity contribution in [1.29, 1.82) is 0 Å². The monoisotopic (exact) mass is 239 g/mol. The Bertz CT molecular complexity index is 511. The van der Waals surface area contributed by atoms with Crippen molar-refractivity contribution in [3.05, 3.63) is 29.8 Å². The first-order valence-electron chi connectivity index (χ1n) is 5.14. The van der Waals surface area contributed by atoms with Crippen molar-refractivity contribution in [2.24, 2.45) is 5.73 Å². The fraction of sp³-hybridized carbons (Fsp3) is 0.300. The summed E-state index contributed by atoms with van der Waals surface area (Å²) in [4.78, 5) is 0. The van der Waals surface area contributed by atoms with Crippen LogP contribution in [0.1, 0.15) is 6.42 Å². The first-order chi connectivity index (χ1) is 8.22. The van der Waals surface area contributed by atoms with E-state index < -0.39 is 11.6 Å². The van der Waals surface area contributed by atoms with E-state index in [0.717, 1.165) is 12.1 Å². The van der Waals surface area contributed by atoms with Gasteiger partial charge in [0.25, 0.3) is 0 Å². The molecule has 1 aromatic heterocycles. The highest BCUT2D eigenvalue weighted by molar-refractivity contribution is 5.54. The number of nitrogens with zero attached hydrogens (tertiary/aromatic N) is 4. The van der Waals surface area contributed by atoms with Gasteiger partial charge in [0.1, 0.15) is 0 Å². The Labute approximate surface area is 96.2 Å². The van der Waals surface area contributed by atoms with Crippen molar-refractivity contribution < 1.29 is 8.78 Å². The first kappa shape index (κ1) is 11.6. The molecule has 0 atom stereocenters. The van der Waals surface area contributed by atoms with Crippen molar-refractivity contribution >= 4 is 0 Å². The number of nitrogens with two attached hydrogens (primary N) is 1. The number of hydrogen-bond donors (Lipinski definition) is 1. The van der Waals surface area contributed by atoms with Crippen LogP contribution in [0.15, 0.2) is 18.2 Å². The van der Waals surface area contributed by atoms with E-state index in [9.17, 15) is 8.78 Å². The van der Waals surface area contributed by atoms with Crippen molar-refractivity contribution in [2.45, 2.75) is 13.0 Å². The molecular weight excluding hydrogens is 228 g/mol.